The van der Waals surface area contributed by atoms with Crippen molar-refractivity contribution in [3.05, 3.63) is 29.1 Å². The van der Waals surface area contributed by atoms with E-state index in [0.717, 1.165) is 17.8 Å². The van der Waals surface area contributed by atoms with Gasteiger partial charge in [-0.05, 0) is 68.2 Å². The molecule has 3 heteroatoms. The highest BCUT2D eigenvalue weighted by atomic mass is 15.2. The quantitative estimate of drug-likeness (QED) is 0.915. The van der Waals surface area contributed by atoms with Crippen LogP contribution in [0, 0.1) is 18.8 Å². The standard InChI is InChI=1S/C20H27N3/c1-12-17-10-15-6-7-16-19(22-13(2)21-16)18(15)20(12,3)8-9-23(17)11-14-4-5-14/h6-7,12,14,17H,4-5,8-11H2,1-3H3,(H,21,22)/t12-,17?,20-/m0/s1. The van der Waals surface area contributed by atoms with Gasteiger partial charge >= 0.3 is 0 Å². The van der Waals surface area contributed by atoms with Crippen LogP contribution in [-0.4, -0.2) is 34.0 Å². The number of aromatic nitrogens is 2. The second kappa shape index (κ2) is 4.60. The Hall–Kier alpha value is -1.35. The first kappa shape index (κ1) is 14.0. The Morgan fingerprint density at radius 2 is 2.17 bits per heavy atom. The molecule has 1 unspecified atom stereocenters. The van der Waals surface area contributed by atoms with Crippen molar-refractivity contribution >= 4 is 11.0 Å². The molecule has 122 valence electrons. The number of piperidine rings is 1. The van der Waals surface area contributed by atoms with Gasteiger partial charge in [-0.2, -0.15) is 0 Å². The number of fused-ring (bicyclic) bond motifs is 6. The number of hydrogen-bond donors (Lipinski definition) is 1. The monoisotopic (exact) mass is 309 g/mol. The molecule has 3 nitrogen and oxygen atoms in total. The first-order valence-electron chi connectivity index (χ1n) is 9.29. The molecule has 2 aliphatic carbocycles. The fraction of sp³-hybridized carbons (Fsp3) is 0.650. The van der Waals surface area contributed by atoms with Gasteiger partial charge in [-0.3, -0.25) is 4.90 Å². The summed E-state index contributed by atoms with van der Waals surface area (Å²) < 4.78 is 0. The molecule has 1 saturated carbocycles. The van der Waals surface area contributed by atoms with Crippen LogP contribution in [-0.2, 0) is 11.8 Å². The minimum Gasteiger partial charge on any atom is -0.342 e. The van der Waals surface area contributed by atoms with Gasteiger partial charge in [0.15, 0.2) is 0 Å². The molecule has 23 heavy (non-hydrogen) atoms. The van der Waals surface area contributed by atoms with Gasteiger partial charge < -0.3 is 4.98 Å². The van der Waals surface area contributed by atoms with Crippen molar-refractivity contribution in [3.63, 3.8) is 0 Å². The normalized spacial score (nSPS) is 33.9. The van der Waals surface area contributed by atoms with Crippen molar-refractivity contribution in [2.45, 2.75) is 57.9 Å². The number of imidazole rings is 1. The summed E-state index contributed by atoms with van der Waals surface area (Å²) in [5, 5.41) is 0. The summed E-state index contributed by atoms with van der Waals surface area (Å²) in [6, 6.07) is 5.33. The second-order valence-corrected chi connectivity index (χ2v) is 8.48. The van der Waals surface area contributed by atoms with Crippen LogP contribution in [0.4, 0.5) is 0 Å². The molecular weight excluding hydrogens is 282 g/mol. The topological polar surface area (TPSA) is 31.9 Å². The lowest BCUT2D eigenvalue weighted by Crippen LogP contribution is -2.58. The number of aryl methyl sites for hydroxylation is 1. The van der Waals surface area contributed by atoms with Crippen molar-refractivity contribution < 1.29 is 0 Å². The van der Waals surface area contributed by atoms with E-state index in [1.54, 1.807) is 11.1 Å². The maximum Gasteiger partial charge on any atom is 0.104 e. The molecule has 3 aliphatic rings. The van der Waals surface area contributed by atoms with Gasteiger partial charge in [0.1, 0.15) is 5.82 Å². The number of nitrogens with zero attached hydrogens (tertiary/aromatic N) is 2. The third-order valence-corrected chi connectivity index (χ3v) is 7.02. The summed E-state index contributed by atoms with van der Waals surface area (Å²) in [5.74, 6) is 2.74. The molecule has 5 rings (SSSR count). The second-order valence-electron chi connectivity index (χ2n) is 8.48. The average Bonchev–Trinajstić information content (AvgIpc) is 3.24. The molecular formula is C20H27N3. The van der Waals surface area contributed by atoms with E-state index in [1.807, 2.05) is 0 Å². The van der Waals surface area contributed by atoms with Crippen LogP contribution in [0.15, 0.2) is 12.1 Å². The predicted octanol–water partition coefficient (Wildman–Crippen LogP) is 3.81. The maximum atomic E-state index is 4.86. The summed E-state index contributed by atoms with van der Waals surface area (Å²) in [5.41, 5.74) is 5.83. The molecule has 1 N–H and O–H groups in total. The van der Waals surface area contributed by atoms with Gasteiger partial charge in [-0.25, -0.2) is 4.98 Å². The van der Waals surface area contributed by atoms with Crippen LogP contribution >= 0.6 is 0 Å². The van der Waals surface area contributed by atoms with Gasteiger partial charge in [-0.1, -0.05) is 19.9 Å². The van der Waals surface area contributed by atoms with E-state index >= 15 is 0 Å². The highest BCUT2D eigenvalue weighted by Crippen LogP contribution is 2.51. The van der Waals surface area contributed by atoms with Crippen molar-refractivity contribution in [3.8, 4) is 0 Å². The lowest BCUT2D eigenvalue weighted by atomic mass is 9.58. The number of aromatic amines is 1. The van der Waals surface area contributed by atoms with Gasteiger partial charge in [0.05, 0.1) is 11.0 Å². The SMILES string of the molecule is Cc1nc2c3c(ccc2[nH]1)CC1[C@H](C)[C@]3(C)CCN1CC1CC1. The van der Waals surface area contributed by atoms with Crippen molar-refractivity contribution in [2.75, 3.05) is 13.1 Å². The molecule has 2 fully saturated rings. The number of H-pyrrole nitrogens is 1. The molecule has 1 saturated heterocycles. The van der Waals surface area contributed by atoms with Crippen LogP contribution in [0.25, 0.3) is 11.0 Å². The number of hydrogen-bond acceptors (Lipinski definition) is 2. The van der Waals surface area contributed by atoms with E-state index in [2.05, 4.69) is 42.8 Å². The number of likely N-dealkylation sites (tertiary alicyclic amines) is 1. The largest absolute Gasteiger partial charge is 0.342 e. The smallest absolute Gasteiger partial charge is 0.104 e. The van der Waals surface area contributed by atoms with E-state index in [1.165, 1.54) is 49.8 Å². The molecule has 2 bridgehead atoms. The van der Waals surface area contributed by atoms with Gasteiger partial charge in [0.2, 0.25) is 0 Å². The van der Waals surface area contributed by atoms with Crippen LogP contribution in [0.3, 0.4) is 0 Å². The minimum absolute atomic E-state index is 0.277. The molecule has 0 amide bonds. The Labute approximate surface area is 138 Å². The Morgan fingerprint density at radius 3 is 2.96 bits per heavy atom. The van der Waals surface area contributed by atoms with E-state index in [9.17, 15) is 0 Å². The number of benzene rings is 1. The van der Waals surface area contributed by atoms with Crippen LogP contribution in [0.2, 0.25) is 0 Å². The fourth-order valence-corrected chi connectivity index (χ4v) is 5.30. The van der Waals surface area contributed by atoms with E-state index in [4.69, 9.17) is 4.98 Å². The predicted molar refractivity (Wildman–Crippen MR) is 93.8 cm³/mol. The fourth-order valence-electron chi connectivity index (χ4n) is 5.30. The highest BCUT2D eigenvalue weighted by Gasteiger charge is 2.50. The number of rotatable bonds is 2. The molecule has 3 atom stereocenters. The van der Waals surface area contributed by atoms with Gasteiger partial charge in [0.25, 0.3) is 0 Å². The highest BCUT2D eigenvalue weighted by molar-refractivity contribution is 5.82. The van der Waals surface area contributed by atoms with Gasteiger partial charge in [0, 0.05) is 18.0 Å². The Bertz CT molecular complexity index is 773. The van der Waals surface area contributed by atoms with Crippen LogP contribution in [0.1, 0.15) is 50.1 Å². The summed E-state index contributed by atoms with van der Waals surface area (Å²) in [4.78, 5) is 11.1. The van der Waals surface area contributed by atoms with Crippen LogP contribution < -0.4 is 0 Å². The van der Waals surface area contributed by atoms with E-state index < -0.39 is 0 Å². The van der Waals surface area contributed by atoms with Crippen molar-refractivity contribution in [2.24, 2.45) is 11.8 Å². The Balaban J connectivity index is 1.64. The third kappa shape index (κ3) is 1.95. The van der Waals surface area contributed by atoms with Crippen molar-refractivity contribution in [1.82, 2.24) is 14.9 Å². The summed E-state index contributed by atoms with van der Waals surface area (Å²) in [6.45, 7) is 9.67. The van der Waals surface area contributed by atoms with Crippen molar-refractivity contribution in [1.29, 1.82) is 0 Å². The maximum absolute atomic E-state index is 4.86. The van der Waals surface area contributed by atoms with E-state index in [0.29, 0.717) is 5.92 Å². The van der Waals surface area contributed by atoms with Crippen LogP contribution in [0.5, 0.6) is 0 Å². The average molecular weight is 309 g/mol. The van der Waals surface area contributed by atoms with E-state index in [-0.39, 0.29) is 5.41 Å². The molecule has 2 heterocycles. The molecule has 1 aromatic heterocycles. The first-order chi connectivity index (χ1) is 11.1. The lowest BCUT2D eigenvalue weighted by Gasteiger charge is -2.54. The molecule has 0 radical (unpaired) electrons. The zero-order valence-electron chi connectivity index (χ0n) is 14.5. The first-order valence-corrected chi connectivity index (χ1v) is 9.29. The molecule has 1 aromatic carbocycles. The minimum atomic E-state index is 0.277. The molecule has 0 spiro atoms. The lowest BCUT2D eigenvalue weighted by molar-refractivity contribution is 0.0291. The number of nitrogens with one attached hydrogen (secondary N) is 1. The Kier molecular flexibility index (Phi) is 2.80. The summed E-state index contributed by atoms with van der Waals surface area (Å²) >= 11 is 0. The zero-order chi connectivity index (χ0) is 15.8. The molecule has 2 aromatic rings. The summed E-state index contributed by atoms with van der Waals surface area (Å²) in [7, 11) is 0. The zero-order valence-corrected chi connectivity index (χ0v) is 14.5. The summed E-state index contributed by atoms with van der Waals surface area (Å²) in [6.07, 6.45) is 5.40. The Morgan fingerprint density at radius 1 is 1.35 bits per heavy atom. The third-order valence-electron chi connectivity index (χ3n) is 7.02. The molecule has 1 aliphatic heterocycles. The van der Waals surface area contributed by atoms with Gasteiger partial charge in [-0.15, -0.1) is 0 Å².